The van der Waals surface area contributed by atoms with Gasteiger partial charge in [-0.15, -0.1) is 0 Å². The van der Waals surface area contributed by atoms with Crippen molar-refractivity contribution in [3.8, 4) is 0 Å². The summed E-state index contributed by atoms with van der Waals surface area (Å²) in [6, 6.07) is 13.5. The maximum atomic E-state index is 11.9. The smallest absolute Gasteiger partial charge is 0.228 e. The number of carbonyl (C=O) groups excluding carboxylic acids is 1. The molecule has 0 atom stereocenters. The quantitative estimate of drug-likeness (QED) is 0.708. The van der Waals surface area contributed by atoms with Gasteiger partial charge >= 0.3 is 0 Å². The molecule has 1 aliphatic rings. The molecule has 0 bridgehead atoms. The Bertz CT molecular complexity index is 641. The number of para-hydroxylation sites is 1. The fourth-order valence-electron chi connectivity index (χ4n) is 2.07. The van der Waals surface area contributed by atoms with E-state index in [1.54, 1.807) is 23.6 Å². The van der Waals surface area contributed by atoms with E-state index < -0.39 is 0 Å². The van der Waals surface area contributed by atoms with E-state index >= 15 is 0 Å². The molecule has 1 aliphatic heterocycles. The second-order valence-electron chi connectivity index (χ2n) is 4.04. The molecule has 1 heterocycles. The molecule has 90 valence electrons. The van der Waals surface area contributed by atoms with Crippen LogP contribution in [0.1, 0.15) is 6.92 Å². The van der Waals surface area contributed by atoms with E-state index in [1.807, 2.05) is 42.5 Å². The largest absolute Gasteiger partial charge is 0.279 e. The molecule has 2 nitrogen and oxygen atoms in total. The normalized spacial score (nSPS) is 12.9. The standard InChI is InChI=1S/C14H10ClNOS/c1-9(17)16-11-4-2-3-5-13(11)18-14-7-6-10(15)8-12(14)16/h2-8H,1H3/i4+2,13+2. The Labute approximate surface area is 115 Å². The third kappa shape index (κ3) is 1.80. The van der Waals surface area contributed by atoms with Crippen molar-refractivity contribution in [2.75, 3.05) is 4.90 Å². The van der Waals surface area contributed by atoms with Crippen molar-refractivity contribution in [2.24, 2.45) is 0 Å². The van der Waals surface area contributed by atoms with Crippen LogP contribution in [0.3, 0.4) is 0 Å². The number of amides is 1. The highest BCUT2D eigenvalue weighted by Gasteiger charge is 2.25. The van der Waals surface area contributed by atoms with Crippen LogP contribution in [0.25, 0.3) is 0 Å². The Morgan fingerprint density at radius 3 is 3.11 bits per heavy atom. The zero-order valence-electron chi connectivity index (χ0n) is 9.68. The molecule has 18 heavy (non-hydrogen) atoms. The maximum absolute atomic E-state index is 11.9. The van der Waals surface area contributed by atoms with Gasteiger partial charge in [-0.3, -0.25) is 9.69 Å². The Morgan fingerprint density at radius 2 is 2.33 bits per heavy atom. The number of halogens is 1. The van der Waals surface area contributed by atoms with E-state index in [2.05, 4.69) is 0 Å². The van der Waals surface area contributed by atoms with Gasteiger partial charge in [0.25, 0.3) is 0 Å². The van der Waals surface area contributed by atoms with Crippen molar-refractivity contribution in [2.45, 2.75) is 16.7 Å². The molecule has 0 fully saturated rings. The summed E-state index contributed by atoms with van der Waals surface area (Å²) in [7, 11) is 0. The summed E-state index contributed by atoms with van der Waals surface area (Å²) in [6.45, 7) is 1.57. The lowest BCUT2D eigenvalue weighted by molar-refractivity contribution is -0.115. The summed E-state index contributed by atoms with van der Waals surface area (Å²) in [4.78, 5) is 15.8. The van der Waals surface area contributed by atoms with Gasteiger partial charge in [-0.05, 0) is 30.3 Å². The minimum atomic E-state index is -0.00809. The molecule has 0 aliphatic carbocycles. The number of carbonyl (C=O) groups is 1. The lowest BCUT2D eigenvalue weighted by Crippen LogP contribution is -2.25. The van der Waals surface area contributed by atoms with Crippen molar-refractivity contribution in [3.05, 3.63) is 47.5 Å². The van der Waals surface area contributed by atoms with Crippen molar-refractivity contribution >= 4 is 40.6 Å². The van der Waals surface area contributed by atoms with Gasteiger partial charge in [0.05, 0.1) is 11.4 Å². The number of benzene rings is 2. The molecule has 4 heteroatoms. The van der Waals surface area contributed by atoms with Gasteiger partial charge in [0.1, 0.15) is 0 Å². The summed E-state index contributed by atoms with van der Waals surface area (Å²) >= 11 is 7.69. The first-order chi connectivity index (χ1) is 8.66. The van der Waals surface area contributed by atoms with E-state index in [0.717, 1.165) is 21.2 Å². The monoisotopic (exact) mass is 279 g/mol. The van der Waals surface area contributed by atoms with Gasteiger partial charge in [-0.1, -0.05) is 35.5 Å². The summed E-state index contributed by atoms with van der Waals surface area (Å²) in [5, 5.41) is 0.639. The molecule has 0 unspecified atom stereocenters. The molecule has 0 saturated heterocycles. The van der Waals surface area contributed by atoms with Crippen LogP contribution in [0.2, 0.25) is 5.02 Å². The SMILES string of the molecule is CC(=O)N1c2cc(Cl)ccc2S[14c]2ccc[14cH]c21. The van der Waals surface area contributed by atoms with Gasteiger partial charge in [0.2, 0.25) is 5.91 Å². The molecule has 0 radical (unpaired) electrons. The first-order valence-corrected chi connectivity index (χ1v) is 6.73. The average molecular weight is 280 g/mol. The fourth-order valence-corrected chi connectivity index (χ4v) is 3.27. The van der Waals surface area contributed by atoms with E-state index in [-0.39, 0.29) is 5.91 Å². The van der Waals surface area contributed by atoms with Gasteiger partial charge in [-0.25, -0.2) is 0 Å². The van der Waals surface area contributed by atoms with Crippen LogP contribution in [0.15, 0.2) is 52.3 Å². The first kappa shape index (κ1) is 11.6. The Balaban J connectivity index is 2.24. The van der Waals surface area contributed by atoms with Crippen LogP contribution in [-0.2, 0) is 4.79 Å². The number of hydrogen-bond donors (Lipinski definition) is 0. The lowest BCUT2D eigenvalue weighted by Gasteiger charge is -2.30. The lowest BCUT2D eigenvalue weighted by atomic mass is 10.3. The predicted octanol–water partition coefficient (Wildman–Crippen LogP) is 4.49. The molecule has 3 rings (SSSR count). The molecule has 2 aromatic carbocycles. The Morgan fingerprint density at radius 1 is 1.50 bits per heavy atom. The Kier molecular flexibility index (Phi) is 2.80. The molecule has 0 N–H and O–H groups in total. The van der Waals surface area contributed by atoms with Crippen molar-refractivity contribution in [3.63, 3.8) is 0 Å². The van der Waals surface area contributed by atoms with Crippen LogP contribution < -0.4 is 4.90 Å². The number of nitrogens with zero attached hydrogens (tertiary/aromatic N) is 1. The highest BCUT2D eigenvalue weighted by atomic mass is 35.5. The zero-order chi connectivity index (χ0) is 12.7. The van der Waals surface area contributed by atoms with Gasteiger partial charge < -0.3 is 0 Å². The molecule has 1 amide bonds. The van der Waals surface area contributed by atoms with E-state index in [9.17, 15) is 4.79 Å². The van der Waals surface area contributed by atoms with Crippen LogP contribution in [-0.4, -0.2) is 5.91 Å². The van der Waals surface area contributed by atoms with Gasteiger partial charge in [0.15, 0.2) is 0 Å². The van der Waals surface area contributed by atoms with Crippen LogP contribution in [0, 0.1) is 0 Å². The average Bonchev–Trinajstić information content (AvgIpc) is 2.35. The van der Waals surface area contributed by atoms with E-state index in [0.29, 0.717) is 5.02 Å². The number of hydrogen-bond acceptors (Lipinski definition) is 2. The van der Waals surface area contributed by atoms with Crippen molar-refractivity contribution in [1.29, 1.82) is 0 Å². The summed E-state index contributed by atoms with van der Waals surface area (Å²) in [6.07, 6.45) is 0. The number of fused-ring (bicyclic) bond motifs is 2. The topological polar surface area (TPSA) is 20.3 Å². The van der Waals surface area contributed by atoms with Crippen LogP contribution in [0.5, 0.6) is 0 Å². The molecule has 0 spiro atoms. The summed E-state index contributed by atoms with van der Waals surface area (Å²) in [5.74, 6) is -0.00809. The third-order valence-corrected chi connectivity index (χ3v) is 4.17. The highest BCUT2D eigenvalue weighted by molar-refractivity contribution is 7.99. The second-order valence-corrected chi connectivity index (χ2v) is 5.56. The van der Waals surface area contributed by atoms with E-state index in [4.69, 9.17) is 11.6 Å². The fraction of sp³-hybridized carbons (Fsp3) is 0.0714. The number of rotatable bonds is 0. The molecule has 0 aromatic heterocycles. The van der Waals surface area contributed by atoms with Crippen molar-refractivity contribution in [1.82, 2.24) is 0 Å². The minimum absolute atomic E-state index is 0.00809. The molecular formula is C14H10ClNOS. The second kappa shape index (κ2) is 4.34. The predicted molar refractivity (Wildman–Crippen MR) is 74.8 cm³/mol. The molecule has 2 aromatic rings. The summed E-state index contributed by atoms with van der Waals surface area (Å²) in [5.41, 5.74) is 1.78. The zero-order valence-corrected chi connectivity index (χ0v) is 11.3. The third-order valence-electron chi connectivity index (χ3n) is 2.80. The summed E-state index contributed by atoms with van der Waals surface area (Å²) < 4.78 is 0. The Hall–Kier alpha value is -1.45. The van der Waals surface area contributed by atoms with Crippen LogP contribution >= 0.6 is 23.4 Å². The van der Waals surface area contributed by atoms with Gasteiger partial charge in [0, 0.05) is 21.7 Å². The van der Waals surface area contributed by atoms with Gasteiger partial charge in [-0.2, -0.15) is 0 Å². The van der Waals surface area contributed by atoms with Crippen LogP contribution in [0.4, 0.5) is 11.4 Å². The minimum Gasteiger partial charge on any atom is -0.279 e. The van der Waals surface area contributed by atoms with E-state index in [1.165, 1.54) is 0 Å². The molecular weight excluding hydrogens is 270 g/mol. The maximum Gasteiger partial charge on any atom is 0.228 e. The first-order valence-electron chi connectivity index (χ1n) is 5.54. The number of anilines is 2. The molecule has 0 saturated carbocycles. The highest BCUT2D eigenvalue weighted by Crippen LogP contribution is 2.48. The van der Waals surface area contributed by atoms with Crippen molar-refractivity contribution < 1.29 is 4.79 Å².